The summed E-state index contributed by atoms with van der Waals surface area (Å²) in [6, 6.07) is 18.6. The molecule has 2 aromatic rings. The summed E-state index contributed by atoms with van der Waals surface area (Å²) < 4.78 is 0. The Hall–Kier alpha value is -2.83. The highest BCUT2D eigenvalue weighted by molar-refractivity contribution is 5.79. The Kier molecular flexibility index (Phi) is 5.88. The van der Waals surface area contributed by atoms with Gasteiger partial charge in [-0.1, -0.05) is 72.5 Å². The first-order valence-electron chi connectivity index (χ1n) is 8.89. The molecule has 132 valence electrons. The molecule has 0 radical (unpaired) electrons. The topological polar surface area (TPSA) is 40.5 Å². The van der Waals surface area contributed by atoms with Gasteiger partial charge in [-0.2, -0.15) is 0 Å². The van der Waals surface area contributed by atoms with Crippen molar-refractivity contribution < 1.29 is 9.90 Å². The predicted molar refractivity (Wildman–Crippen MR) is 105 cm³/mol. The molecule has 0 saturated carbocycles. The molecule has 0 aromatic heterocycles. The van der Waals surface area contributed by atoms with Gasteiger partial charge >= 0.3 is 5.97 Å². The van der Waals surface area contributed by atoms with Crippen LogP contribution in [0.1, 0.15) is 29.0 Å². The van der Waals surface area contributed by atoms with Crippen LogP contribution in [0.15, 0.2) is 60.7 Å². The van der Waals surface area contributed by atoms with Crippen LogP contribution in [0.25, 0.3) is 5.57 Å². The van der Waals surface area contributed by atoms with Gasteiger partial charge in [-0.3, -0.25) is 9.69 Å². The maximum Gasteiger partial charge on any atom is 0.317 e. The monoisotopic (exact) mass is 345 g/mol. The number of benzene rings is 2. The van der Waals surface area contributed by atoms with Gasteiger partial charge in [0.2, 0.25) is 0 Å². The van der Waals surface area contributed by atoms with Crippen LogP contribution in [0.5, 0.6) is 0 Å². The van der Waals surface area contributed by atoms with E-state index in [1.54, 1.807) is 11.9 Å². The quantitative estimate of drug-likeness (QED) is 0.838. The predicted octanol–water partition coefficient (Wildman–Crippen LogP) is 3.82. The molecule has 2 aromatic carbocycles. The largest absolute Gasteiger partial charge is 0.480 e. The van der Waals surface area contributed by atoms with Crippen LogP contribution < -0.4 is 0 Å². The highest BCUT2D eigenvalue weighted by atomic mass is 16.4. The molecule has 3 heteroatoms. The first-order valence-corrected chi connectivity index (χ1v) is 8.89. The van der Waals surface area contributed by atoms with Crippen molar-refractivity contribution in [1.29, 1.82) is 0 Å². The molecule has 1 atom stereocenters. The third kappa shape index (κ3) is 4.62. The van der Waals surface area contributed by atoms with E-state index in [0.717, 1.165) is 24.0 Å². The number of fused-ring (bicyclic) bond motifs is 1. The van der Waals surface area contributed by atoms with Crippen LogP contribution in [0.2, 0.25) is 0 Å². The molecule has 0 amide bonds. The number of hydrogen-bond acceptors (Lipinski definition) is 2. The molecule has 1 N–H and O–H groups in total. The summed E-state index contributed by atoms with van der Waals surface area (Å²) in [5.74, 6) is 6.26. The molecule has 0 fully saturated rings. The second-order valence-corrected chi connectivity index (χ2v) is 6.63. The highest BCUT2D eigenvalue weighted by Crippen LogP contribution is 2.32. The van der Waals surface area contributed by atoms with E-state index in [0.29, 0.717) is 6.54 Å². The van der Waals surface area contributed by atoms with Crippen molar-refractivity contribution in [2.24, 2.45) is 0 Å². The third-order valence-corrected chi connectivity index (χ3v) is 4.61. The van der Waals surface area contributed by atoms with Gasteiger partial charge in [0, 0.05) is 18.0 Å². The Morgan fingerprint density at radius 1 is 1.19 bits per heavy atom. The highest BCUT2D eigenvalue weighted by Gasteiger charge is 2.19. The number of aliphatic carboxylic acids is 1. The maximum absolute atomic E-state index is 10.9. The van der Waals surface area contributed by atoms with Crippen molar-refractivity contribution in [2.75, 3.05) is 20.1 Å². The molecule has 0 saturated heterocycles. The Labute approximate surface area is 155 Å². The van der Waals surface area contributed by atoms with Crippen molar-refractivity contribution in [3.8, 4) is 11.8 Å². The van der Waals surface area contributed by atoms with Crippen LogP contribution in [0.4, 0.5) is 0 Å². The average molecular weight is 345 g/mol. The normalized spacial score (nSPS) is 16.1. The Bertz CT molecular complexity index is 859. The number of carboxylic acid groups (broad SMARTS) is 1. The molecule has 0 heterocycles. The van der Waals surface area contributed by atoms with E-state index in [4.69, 9.17) is 5.11 Å². The van der Waals surface area contributed by atoms with E-state index in [9.17, 15) is 4.79 Å². The summed E-state index contributed by atoms with van der Waals surface area (Å²) >= 11 is 0. The number of nitrogens with zero attached hydrogens (tertiary/aromatic N) is 1. The van der Waals surface area contributed by atoms with Gasteiger partial charge in [-0.05, 0) is 36.6 Å². The third-order valence-electron chi connectivity index (χ3n) is 4.61. The minimum atomic E-state index is -0.823. The van der Waals surface area contributed by atoms with E-state index in [2.05, 4.69) is 36.1 Å². The van der Waals surface area contributed by atoms with Gasteiger partial charge in [0.15, 0.2) is 0 Å². The number of likely N-dealkylation sites (N-methyl/N-ethyl adjacent to an activating group) is 1. The zero-order chi connectivity index (χ0) is 18.4. The molecule has 3 nitrogen and oxygen atoms in total. The molecule has 0 bridgehead atoms. The number of hydrogen-bond donors (Lipinski definition) is 1. The summed E-state index contributed by atoms with van der Waals surface area (Å²) in [6.07, 6.45) is 4.17. The maximum atomic E-state index is 10.9. The summed E-state index contributed by atoms with van der Waals surface area (Å²) in [5, 5.41) is 8.92. The minimum Gasteiger partial charge on any atom is -0.480 e. The second kappa shape index (κ2) is 8.51. The second-order valence-electron chi connectivity index (χ2n) is 6.63. The lowest BCUT2D eigenvalue weighted by Gasteiger charge is -2.11. The zero-order valence-electron chi connectivity index (χ0n) is 15.0. The van der Waals surface area contributed by atoms with Gasteiger partial charge < -0.3 is 5.11 Å². The van der Waals surface area contributed by atoms with Crippen molar-refractivity contribution in [2.45, 2.75) is 18.8 Å². The fourth-order valence-electron chi connectivity index (χ4n) is 3.27. The van der Waals surface area contributed by atoms with E-state index in [1.807, 2.05) is 36.4 Å². The standard InChI is InChI=1S/C23H23NO2/c1-24(17-23(25)26)16-15-19(18-7-3-2-4-8-18)11-12-21-14-13-20-9-5-6-10-22(20)21/h2-10,15,21H,13-14,16-17H2,1H3,(H,25,26). The van der Waals surface area contributed by atoms with Gasteiger partial charge in [-0.15, -0.1) is 0 Å². The lowest BCUT2D eigenvalue weighted by molar-refractivity contribution is -0.137. The van der Waals surface area contributed by atoms with Crippen molar-refractivity contribution in [3.63, 3.8) is 0 Å². The van der Waals surface area contributed by atoms with Gasteiger partial charge in [0.05, 0.1) is 6.54 Å². The minimum absolute atomic E-state index is 0.0159. The summed E-state index contributed by atoms with van der Waals surface area (Å²) in [5.41, 5.74) is 4.76. The van der Waals surface area contributed by atoms with Crippen molar-refractivity contribution in [3.05, 3.63) is 77.4 Å². The number of rotatable bonds is 5. The van der Waals surface area contributed by atoms with Crippen LogP contribution in [-0.4, -0.2) is 36.1 Å². The molecule has 1 aliphatic rings. The first kappa shape index (κ1) is 18.0. The van der Waals surface area contributed by atoms with Crippen LogP contribution in [0, 0.1) is 11.8 Å². The van der Waals surface area contributed by atoms with Gasteiger partial charge in [0.1, 0.15) is 0 Å². The molecule has 3 rings (SSSR count). The van der Waals surface area contributed by atoms with E-state index in [1.165, 1.54) is 11.1 Å². The van der Waals surface area contributed by atoms with Gasteiger partial charge in [-0.25, -0.2) is 0 Å². The van der Waals surface area contributed by atoms with E-state index in [-0.39, 0.29) is 12.5 Å². The van der Waals surface area contributed by atoms with Crippen molar-refractivity contribution in [1.82, 2.24) is 4.90 Å². The molecule has 1 aliphatic carbocycles. The number of carboxylic acids is 1. The van der Waals surface area contributed by atoms with Crippen LogP contribution in [-0.2, 0) is 11.2 Å². The van der Waals surface area contributed by atoms with Gasteiger partial charge in [0.25, 0.3) is 0 Å². The van der Waals surface area contributed by atoms with Crippen LogP contribution >= 0.6 is 0 Å². The molecule has 26 heavy (non-hydrogen) atoms. The lowest BCUT2D eigenvalue weighted by Crippen LogP contribution is -2.25. The number of aryl methyl sites for hydroxylation is 1. The molecule has 1 unspecified atom stereocenters. The van der Waals surface area contributed by atoms with E-state index < -0.39 is 5.97 Å². The summed E-state index contributed by atoms with van der Waals surface area (Å²) in [4.78, 5) is 12.6. The van der Waals surface area contributed by atoms with E-state index >= 15 is 0 Å². The molecular weight excluding hydrogens is 322 g/mol. The Morgan fingerprint density at radius 2 is 1.92 bits per heavy atom. The Morgan fingerprint density at radius 3 is 2.69 bits per heavy atom. The Balaban J connectivity index is 1.83. The summed E-state index contributed by atoms with van der Waals surface area (Å²) in [6.45, 7) is 0.564. The van der Waals surface area contributed by atoms with Crippen molar-refractivity contribution >= 4 is 11.5 Å². The average Bonchev–Trinajstić information content (AvgIpc) is 3.05. The fraction of sp³-hybridized carbons (Fsp3) is 0.261. The zero-order valence-corrected chi connectivity index (χ0v) is 15.0. The number of carbonyl (C=O) groups is 1. The fourth-order valence-corrected chi connectivity index (χ4v) is 3.27. The van der Waals surface area contributed by atoms with Crippen LogP contribution in [0.3, 0.4) is 0 Å². The number of allylic oxidation sites excluding steroid dienone is 1. The SMILES string of the molecule is CN(CC=C(C#CC1CCc2ccccc21)c1ccccc1)CC(=O)O. The molecule has 0 aliphatic heterocycles. The molecule has 0 spiro atoms. The first-order chi connectivity index (χ1) is 12.6. The summed E-state index contributed by atoms with van der Waals surface area (Å²) in [7, 11) is 1.80. The lowest BCUT2D eigenvalue weighted by atomic mass is 10.00. The molecular formula is C23H23NO2. The smallest absolute Gasteiger partial charge is 0.317 e.